The predicted octanol–water partition coefficient (Wildman–Crippen LogP) is 4.71. The minimum atomic E-state index is -0.00937. The van der Waals surface area contributed by atoms with Gasteiger partial charge in [0.1, 0.15) is 12.0 Å². The number of nitrogens with two attached hydrogens (primary N) is 1. The summed E-state index contributed by atoms with van der Waals surface area (Å²) in [6.07, 6.45) is 1.42. The van der Waals surface area contributed by atoms with Crippen molar-refractivity contribution in [2.45, 2.75) is 13.8 Å². The number of hydrogen-bond acceptors (Lipinski definition) is 6. The molecule has 0 spiro atoms. The second-order valence-corrected chi connectivity index (χ2v) is 6.27. The summed E-state index contributed by atoms with van der Waals surface area (Å²) in [4.78, 5) is 19.9. The lowest BCUT2D eigenvalue weighted by Crippen LogP contribution is -2.06. The molecule has 6 nitrogen and oxygen atoms in total. The molecule has 0 amide bonds. The van der Waals surface area contributed by atoms with Crippen molar-refractivity contribution in [3.05, 3.63) is 64.9 Å². The van der Waals surface area contributed by atoms with Gasteiger partial charge in [-0.15, -0.1) is 0 Å². The number of carbonyl (C=O) groups is 1. The number of rotatable bonds is 5. The molecular formula is C19H18ClN5O. The molecule has 1 aromatic heterocycles. The van der Waals surface area contributed by atoms with E-state index in [1.54, 1.807) is 24.3 Å². The first-order chi connectivity index (χ1) is 12.4. The number of nitrogen functional groups attached to an aromatic ring is 1. The van der Waals surface area contributed by atoms with Crippen molar-refractivity contribution in [3.63, 3.8) is 0 Å². The topological polar surface area (TPSA) is 92.9 Å². The number of carbonyl (C=O) groups excluding carboxylic acids is 1. The van der Waals surface area contributed by atoms with Crippen molar-refractivity contribution in [2.24, 2.45) is 0 Å². The van der Waals surface area contributed by atoms with Gasteiger partial charge in [0.15, 0.2) is 17.4 Å². The number of nitrogens with zero attached hydrogens (tertiary/aromatic N) is 2. The third kappa shape index (κ3) is 3.92. The second kappa shape index (κ2) is 7.41. The van der Waals surface area contributed by atoms with E-state index in [0.717, 1.165) is 16.9 Å². The summed E-state index contributed by atoms with van der Waals surface area (Å²) < 4.78 is 0. The van der Waals surface area contributed by atoms with Crippen molar-refractivity contribution in [3.8, 4) is 0 Å². The first kappa shape index (κ1) is 17.7. The van der Waals surface area contributed by atoms with Crippen LogP contribution < -0.4 is 16.4 Å². The normalized spacial score (nSPS) is 10.4. The molecule has 0 fully saturated rings. The molecule has 0 radical (unpaired) electrons. The Bertz CT molecular complexity index is 974. The minimum absolute atomic E-state index is 0.00937. The molecule has 7 heteroatoms. The summed E-state index contributed by atoms with van der Waals surface area (Å²) in [5.74, 6) is 0.926. The van der Waals surface area contributed by atoms with Crippen LogP contribution in [0.25, 0.3) is 0 Å². The van der Waals surface area contributed by atoms with Gasteiger partial charge >= 0.3 is 0 Å². The molecule has 2 aromatic carbocycles. The van der Waals surface area contributed by atoms with Gasteiger partial charge < -0.3 is 16.4 Å². The number of benzene rings is 2. The standard InChI is InChI=1S/C19H18ClN5O/c1-11-8-14(20)6-7-16(11)25-19-17(21)18(22-10-23-19)24-15-5-3-4-13(9-15)12(2)26/h3-10H,21H2,1-2H3,(H2,22,23,24,25). The van der Waals surface area contributed by atoms with Crippen molar-refractivity contribution in [2.75, 3.05) is 16.4 Å². The van der Waals surface area contributed by atoms with Gasteiger partial charge in [0.2, 0.25) is 0 Å². The Morgan fingerprint density at radius 1 is 1.08 bits per heavy atom. The first-order valence-corrected chi connectivity index (χ1v) is 8.33. The number of nitrogens with one attached hydrogen (secondary N) is 2. The zero-order valence-electron chi connectivity index (χ0n) is 14.4. The van der Waals surface area contributed by atoms with E-state index in [0.29, 0.717) is 27.9 Å². The van der Waals surface area contributed by atoms with Crippen LogP contribution in [-0.4, -0.2) is 15.8 Å². The minimum Gasteiger partial charge on any atom is -0.393 e. The highest BCUT2D eigenvalue weighted by Gasteiger charge is 2.10. The Labute approximate surface area is 156 Å². The molecule has 0 aliphatic carbocycles. The molecule has 132 valence electrons. The molecule has 3 rings (SSSR count). The maximum Gasteiger partial charge on any atom is 0.159 e. The molecule has 0 atom stereocenters. The fraction of sp³-hybridized carbons (Fsp3) is 0.105. The maximum atomic E-state index is 11.5. The molecule has 0 saturated heterocycles. The van der Waals surface area contributed by atoms with Crippen LogP contribution in [0.4, 0.5) is 28.7 Å². The van der Waals surface area contributed by atoms with E-state index < -0.39 is 0 Å². The number of Topliss-reactive ketones (excluding diaryl/α,β-unsaturated/α-hetero) is 1. The zero-order chi connectivity index (χ0) is 18.7. The summed E-state index contributed by atoms with van der Waals surface area (Å²) in [5.41, 5.74) is 9.74. The van der Waals surface area contributed by atoms with Crippen molar-refractivity contribution in [1.82, 2.24) is 9.97 Å². The number of anilines is 5. The highest BCUT2D eigenvalue weighted by atomic mass is 35.5. The molecule has 0 saturated carbocycles. The Kier molecular flexibility index (Phi) is 5.04. The van der Waals surface area contributed by atoms with E-state index in [1.807, 2.05) is 25.1 Å². The monoisotopic (exact) mass is 367 g/mol. The average molecular weight is 368 g/mol. The van der Waals surface area contributed by atoms with Crippen LogP contribution in [0.2, 0.25) is 5.02 Å². The summed E-state index contributed by atoms with van der Waals surface area (Å²) >= 11 is 5.99. The Morgan fingerprint density at radius 3 is 2.50 bits per heavy atom. The highest BCUT2D eigenvalue weighted by Crippen LogP contribution is 2.30. The highest BCUT2D eigenvalue weighted by molar-refractivity contribution is 6.30. The van der Waals surface area contributed by atoms with E-state index in [9.17, 15) is 4.79 Å². The van der Waals surface area contributed by atoms with E-state index in [2.05, 4.69) is 20.6 Å². The third-order valence-electron chi connectivity index (χ3n) is 3.86. The fourth-order valence-electron chi connectivity index (χ4n) is 2.44. The second-order valence-electron chi connectivity index (χ2n) is 5.83. The SMILES string of the molecule is CC(=O)c1cccc(Nc2ncnc(Nc3ccc(Cl)cc3C)c2N)c1. The van der Waals surface area contributed by atoms with Gasteiger partial charge in [-0.25, -0.2) is 9.97 Å². The van der Waals surface area contributed by atoms with Crippen LogP contribution in [0, 0.1) is 6.92 Å². The largest absolute Gasteiger partial charge is 0.393 e. The van der Waals surface area contributed by atoms with E-state index in [4.69, 9.17) is 17.3 Å². The van der Waals surface area contributed by atoms with Crippen molar-refractivity contribution < 1.29 is 4.79 Å². The summed E-state index contributed by atoms with van der Waals surface area (Å²) in [6.45, 7) is 3.46. The van der Waals surface area contributed by atoms with Crippen LogP contribution >= 0.6 is 11.6 Å². The van der Waals surface area contributed by atoms with Gasteiger partial charge in [0.05, 0.1) is 0 Å². The zero-order valence-corrected chi connectivity index (χ0v) is 15.1. The summed E-state index contributed by atoms with van der Waals surface area (Å²) in [5, 5.41) is 6.99. The number of aryl methyl sites for hydroxylation is 1. The van der Waals surface area contributed by atoms with Crippen LogP contribution in [0.3, 0.4) is 0 Å². The summed E-state index contributed by atoms with van der Waals surface area (Å²) in [6, 6.07) is 12.7. The Morgan fingerprint density at radius 2 is 1.81 bits per heavy atom. The first-order valence-electron chi connectivity index (χ1n) is 7.95. The van der Waals surface area contributed by atoms with Gasteiger partial charge in [-0.2, -0.15) is 0 Å². The molecule has 0 bridgehead atoms. The number of ketones is 1. The van der Waals surface area contributed by atoms with Gasteiger partial charge in [-0.1, -0.05) is 23.7 Å². The predicted molar refractivity (Wildman–Crippen MR) is 106 cm³/mol. The van der Waals surface area contributed by atoms with Gasteiger partial charge in [-0.3, -0.25) is 4.79 Å². The molecule has 26 heavy (non-hydrogen) atoms. The lowest BCUT2D eigenvalue weighted by atomic mass is 10.1. The van der Waals surface area contributed by atoms with E-state index >= 15 is 0 Å². The number of aromatic nitrogens is 2. The third-order valence-corrected chi connectivity index (χ3v) is 4.09. The van der Waals surface area contributed by atoms with Crippen LogP contribution in [0.15, 0.2) is 48.8 Å². The van der Waals surface area contributed by atoms with Crippen molar-refractivity contribution in [1.29, 1.82) is 0 Å². The van der Waals surface area contributed by atoms with E-state index in [-0.39, 0.29) is 5.78 Å². The molecule has 3 aromatic rings. The van der Waals surface area contributed by atoms with Gasteiger partial charge in [0, 0.05) is 22.0 Å². The molecule has 4 N–H and O–H groups in total. The molecule has 0 aliphatic heterocycles. The van der Waals surface area contributed by atoms with Crippen LogP contribution in [0.1, 0.15) is 22.8 Å². The number of hydrogen-bond donors (Lipinski definition) is 3. The molecule has 0 unspecified atom stereocenters. The van der Waals surface area contributed by atoms with Gasteiger partial charge in [0.25, 0.3) is 0 Å². The lowest BCUT2D eigenvalue weighted by Gasteiger charge is -2.14. The van der Waals surface area contributed by atoms with Crippen molar-refractivity contribution >= 4 is 46.1 Å². The van der Waals surface area contributed by atoms with Gasteiger partial charge in [-0.05, 0) is 49.7 Å². The molecule has 0 aliphatic rings. The van der Waals surface area contributed by atoms with Crippen LogP contribution in [0.5, 0.6) is 0 Å². The lowest BCUT2D eigenvalue weighted by molar-refractivity contribution is 0.101. The molecule has 1 heterocycles. The molecular weight excluding hydrogens is 350 g/mol. The van der Waals surface area contributed by atoms with E-state index in [1.165, 1.54) is 13.3 Å². The van der Waals surface area contributed by atoms with Crippen LogP contribution in [-0.2, 0) is 0 Å². The average Bonchev–Trinajstić information content (AvgIpc) is 2.61. The summed E-state index contributed by atoms with van der Waals surface area (Å²) in [7, 11) is 0. The Hall–Kier alpha value is -3.12. The Balaban J connectivity index is 1.87. The smallest absolute Gasteiger partial charge is 0.159 e. The quantitative estimate of drug-likeness (QED) is 0.565. The number of halogens is 1. The fourth-order valence-corrected chi connectivity index (χ4v) is 2.67. The maximum absolute atomic E-state index is 11.5.